The molecule has 0 unspecified atom stereocenters. The van der Waals surface area contributed by atoms with E-state index in [2.05, 4.69) is 0 Å². The van der Waals surface area contributed by atoms with Gasteiger partial charge in [0.1, 0.15) is 0 Å². The van der Waals surface area contributed by atoms with Crippen molar-refractivity contribution in [2.45, 2.75) is 13.0 Å². The number of nitro groups is 1. The number of carbonyl (C=O) groups is 1. The van der Waals surface area contributed by atoms with Gasteiger partial charge in [-0.25, -0.2) is 0 Å². The van der Waals surface area contributed by atoms with Gasteiger partial charge in [0.15, 0.2) is 0 Å². The molecule has 1 N–H and O–H groups in total. The first-order chi connectivity index (χ1) is 8.00. The van der Waals surface area contributed by atoms with E-state index in [4.69, 9.17) is 5.11 Å². The largest absolute Gasteiger partial charge is 0.389 e. The third kappa shape index (κ3) is 1.99. The van der Waals surface area contributed by atoms with Crippen molar-refractivity contribution in [3.05, 3.63) is 39.4 Å². The highest BCUT2D eigenvalue weighted by Gasteiger charge is 2.31. The van der Waals surface area contributed by atoms with Gasteiger partial charge in [0.2, 0.25) is 0 Å². The molecule has 1 aliphatic rings. The van der Waals surface area contributed by atoms with Crippen LogP contribution in [0.3, 0.4) is 0 Å². The lowest BCUT2D eigenvalue weighted by atomic mass is 10.0. The van der Waals surface area contributed by atoms with Gasteiger partial charge in [0.25, 0.3) is 11.6 Å². The number of rotatable bonds is 2. The Kier molecular flexibility index (Phi) is 2.81. The van der Waals surface area contributed by atoms with Gasteiger partial charge in [-0.1, -0.05) is 6.07 Å². The predicted octanol–water partition coefficient (Wildman–Crippen LogP) is 0.720. The smallest absolute Gasteiger partial charge is 0.273 e. The summed E-state index contributed by atoms with van der Waals surface area (Å²) in [7, 11) is 0. The normalized spacial score (nSPS) is 15.5. The van der Waals surface area contributed by atoms with Gasteiger partial charge in [0, 0.05) is 30.3 Å². The Hall–Kier alpha value is -1.95. The van der Waals surface area contributed by atoms with E-state index in [1.807, 2.05) is 0 Å². The number of likely N-dealkylation sites (tertiary alicyclic amines) is 1. The third-order valence-corrected chi connectivity index (χ3v) is 2.88. The average molecular weight is 236 g/mol. The first-order valence-electron chi connectivity index (χ1n) is 5.22. The maximum absolute atomic E-state index is 12.0. The molecule has 0 saturated carbocycles. The second-order valence-corrected chi connectivity index (χ2v) is 4.07. The molecule has 0 aliphatic carbocycles. The van der Waals surface area contributed by atoms with Crippen molar-refractivity contribution in [3.8, 4) is 0 Å². The van der Waals surface area contributed by atoms with Crippen molar-refractivity contribution in [3.63, 3.8) is 0 Å². The second-order valence-electron chi connectivity index (χ2n) is 4.07. The first-order valence-corrected chi connectivity index (χ1v) is 5.22. The monoisotopic (exact) mass is 236 g/mol. The van der Waals surface area contributed by atoms with E-state index in [0.717, 1.165) is 0 Å². The van der Waals surface area contributed by atoms with Crippen LogP contribution in [0.1, 0.15) is 15.9 Å². The molecule has 6 heteroatoms. The summed E-state index contributed by atoms with van der Waals surface area (Å²) >= 11 is 0. The van der Waals surface area contributed by atoms with E-state index in [9.17, 15) is 14.9 Å². The number of β-amino-alcohol motifs (C(OH)–C–C–N with tert-alkyl or cyclic N) is 1. The van der Waals surface area contributed by atoms with E-state index < -0.39 is 11.0 Å². The maximum atomic E-state index is 12.0. The summed E-state index contributed by atoms with van der Waals surface area (Å²) in [5.41, 5.74) is 0.631. The minimum atomic E-state index is -0.503. The van der Waals surface area contributed by atoms with Crippen LogP contribution in [-0.2, 0) is 0 Å². The Morgan fingerprint density at radius 1 is 1.53 bits per heavy atom. The molecule has 6 nitrogen and oxygen atoms in total. The number of amides is 1. The molecular formula is C11H12N2O4. The summed E-state index contributed by atoms with van der Waals surface area (Å²) in [6.45, 7) is 2.14. The summed E-state index contributed by atoms with van der Waals surface area (Å²) in [6, 6.07) is 4.43. The fourth-order valence-electron chi connectivity index (χ4n) is 1.84. The average Bonchev–Trinajstić information content (AvgIpc) is 2.24. The van der Waals surface area contributed by atoms with Crippen LogP contribution in [0.5, 0.6) is 0 Å². The van der Waals surface area contributed by atoms with Crippen LogP contribution in [0.25, 0.3) is 0 Å². The molecule has 1 heterocycles. The number of hydrogen-bond acceptors (Lipinski definition) is 4. The Balaban J connectivity index is 2.30. The van der Waals surface area contributed by atoms with Crippen LogP contribution < -0.4 is 0 Å². The molecule has 0 aromatic heterocycles. The zero-order valence-corrected chi connectivity index (χ0v) is 9.29. The Bertz CT molecular complexity index is 480. The molecule has 2 rings (SSSR count). The Morgan fingerprint density at radius 2 is 2.18 bits per heavy atom. The van der Waals surface area contributed by atoms with E-state index >= 15 is 0 Å². The van der Waals surface area contributed by atoms with Crippen molar-refractivity contribution in [2.75, 3.05) is 13.1 Å². The zero-order valence-electron chi connectivity index (χ0n) is 9.29. The lowest BCUT2D eigenvalue weighted by Crippen LogP contribution is -2.53. The molecule has 90 valence electrons. The molecule has 1 aliphatic heterocycles. The van der Waals surface area contributed by atoms with E-state index in [1.54, 1.807) is 13.0 Å². The third-order valence-electron chi connectivity index (χ3n) is 2.88. The molecule has 1 saturated heterocycles. The molecule has 1 aromatic rings. The predicted molar refractivity (Wildman–Crippen MR) is 59.7 cm³/mol. The molecule has 1 amide bonds. The summed E-state index contributed by atoms with van der Waals surface area (Å²) in [4.78, 5) is 23.7. The van der Waals surface area contributed by atoms with E-state index in [1.165, 1.54) is 17.0 Å². The summed E-state index contributed by atoms with van der Waals surface area (Å²) < 4.78 is 0. The Labute approximate surface area is 97.6 Å². The van der Waals surface area contributed by atoms with Crippen molar-refractivity contribution >= 4 is 11.6 Å². The highest BCUT2D eigenvalue weighted by Crippen LogP contribution is 2.23. The van der Waals surface area contributed by atoms with Crippen LogP contribution >= 0.6 is 0 Å². The van der Waals surface area contributed by atoms with Crippen molar-refractivity contribution in [2.24, 2.45) is 0 Å². The standard InChI is InChI=1S/C11H12N2O4/c1-7-9(3-2-4-10(7)13(16)17)11(15)12-5-8(14)6-12/h2-4,8,14H,5-6H2,1H3. The number of aliphatic hydroxyl groups is 1. The number of hydrogen-bond donors (Lipinski definition) is 1. The van der Waals surface area contributed by atoms with E-state index in [0.29, 0.717) is 24.2 Å². The molecular weight excluding hydrogens is 224 g/mol. The van der Waals surface area contributed by atoms with Gasteiger partial charge in [-0.15, -0.1) is 0 Å². The van der Waals surface area contributed by atoms with Crippen LogP contribution in [0.2, 0.25) is 0 Å². The minimum Gasteiger partial charge on any atom is -0.389 e. The van der Waals surface area contributed by atoms with E-state index in [-0.39, 0.29) is 11.6 Å². The maximum Gasteiger partial charge on any atom is 0.273 e. The lowest BCUT2D eigenvalue weighted by Gasteiger charge is -2.36. The number of nitrogens with zero attached hydrogens (tertiary/aromatic N) is 2. The molecule has 17 heavy (non-hydrogen) atoms. The van der Waals surface area contributed by atoms with Gasteiger partial charge in [-0.3, -0.25) is 14.9 Å². The number of benzene rings is 1. The van der Waals surface area contributed by atoms with Crippen LogP contribution in [0.4, 0.5) is 5.69 Å². The fourth-order valence-corrected chi connectivity index (χ4v) is 1.84. The van der Waals surface area contributed by atoms with Gasteiger partial charge < -0.3 is 10.0 Å². The van der Waals surface area contributed by atoms with Gasteiger partial charge in [-0.05, 0) is 13.0 Å². The molecule has 0 radical (unpaired) electrons. The van der Waals surface area contributed by atoms with Crippen LogP contribution in [0.15, 0.2) is 18.2 Å². The van der Waals surface area contributed by atoms with Gasteiger partial charge in [0.05, 0.1) is 11.0 Å². The highest BCUT2D eigenvalue weighted by atomic mass is 16.6. The Morgan fingerprint density at radius 3 is 2.71 bits per heavy atom. The minimum absolute atomic E-state index is 0.0584. The number of nitro benzene ring substituents is 1. The lowest BCUT2D eigenvalue weighted by molar-refractivity contribution is -0.385. The van der Waals surface area contributed by atoms with Gasteiger partial charge >= 0.3 is 0 Å². The van der Waals surface area contributed by atoms with Crippen molar-refractivity contribution in [1.82, 2.24) is 4.90 Å². The molecule has 0 atom stereocenters. The summed E-state index contributed by atoms with van der Waals surface area (Å²) in [5.74, 6) is -0.267. The van der Waals surface area contributed by atoms with Crippen LogP contribution in [-0.4, -0.2) is 40.0 Å². The zero-order chi connectivity index (χ0) is 12.6. The SMILES string of the molecule is Cc1c(C(=O)N2CC(O)C2)cccc1[N+](=O)[O-]. The summed E-state index contributed by atoms with van der Waals surface area (Å²) in [5, 5.41) is 19.9. The first kappa shape index (κ1) is 11.5. The topological polar surface area (TPSA) is 83.7 Å². The number of carbonyl (C=O) groups excluding carboxylic acids is 1. The molecule has 1 aromatic carbocycles. The highest BCUT2D eigenvalue weighted by molar-refractivity contribution is 5.97. The second kappa shape index (κ2) is 4.14. The quantitative estimate of drug-likeness (QED) is 0.605. The summed E-state index contributed by atoms with van der Waals surface area (Å²) in [6.07, 6.45) is -0.474. The van der Waals surface area contributed by atoms with Gasteiger partial charge in [-0.2, -0.15) is 0 Å². The molecule has 0 spiro atoms. The molecule has 1 fully saturated rings. The number of aliphatic hydroxyl groups excluding tert-OH is 1. The molecule has 0 bridgehead atoms. The fraction of sp³-hybridized carbons (Fsp3) is 0.364. The van der Waals surface area contributed by atoms with Crippen molar-refractivity contribution in [1.29, 1.82) is 0 Å². The van der Waals surface area contributed by atoms with Crippen LogP contribution in [0, 0.1) is 17.0 Å². The van der Waals surface area contributed by atoms with Crippen molar-refractivity contribution < 1.29 is 14.8 Å².